The highest BCUT2D eigenvalue weighted by Crippen LogP contribution is 2.40. The maximum atomic E-state index is 4.51. The van der Waals surface area contributed by atoms with E-state index in [1.807, 2.05) is 16.8 Å². The van der Waals surface area contributed by atoms with Gasteiger partial charge in [-0.15, -0.1) is 0 Å². The van der Waals surface area contributed by atoms with Gasteiger partial charge in [0.05, 0.1) is 11.7 Å². The van der Waals surface area contributed by atoms with Crippen molar-refractivity contribution < 1.29 is 0 Å². The second-order valence-corrected chi connectivity index (χ2v) is 6.01. The molecule has 0 saturated heterocycles. The first-order valence-corrected chi connectivity index (χ1v) is 7.94. The van der Waals surface area contributed by atoms with Crippen molar-refractivity contribution in [3.8, 4) is 0 Å². The lowest BCUT2D eigenvalue weighted by Crippen LogP contribution is -2.32. The molecule has 0 aromatic carbocycles. The lowest BCUT2D eigenvalue weighted by atomic mass is 9.72. The molecule has 1 aliphatic rings. The van der Waals surface area contributed by atoms with Crippen LogP contribution in [0.4, 0.5) is 0 Å². The fraction of sp³-hybridized carbons (Fsp3) is 0.588. The second kappa shape index (κ2) is 5.96. The van der Waals surface area contributed by atoms with E-state index in [0.717, 1.165) is 11.8 Å². The van der Waals surface area contributed by atoms with Crippen LogP contribution in [0.1, 0.15) is 50.6 Å². The van der Waals surface area contributed by atoms with Crippen molar-refractivity contribution in [2.75, 3.05) is 7.05 Å². The average molecular weight is 271 g/mol. The highest BCUT2D eigenvalue weighted by molar-refractivity contribution is 5.55. The predicted octanol–water partition coefficient (Wildman–Crippen LogP) is 3.81. The van der Waals surface area contributed by atoms with E-state index in [1.54, 1.807) is 0 Å². The number of aromatic nitrogens is 2. The average Bonchev–Trinajstić information content (AvgIpc) is 2.93. The Bertz CT molecular complexity index is 560. The minimum Gasteiger partial charge on any atom is -0.313 e. The van der Waals surface area contributed by atoms with Crippen molar-refractivity contribution in [3.05, 3.63) is 36.2 Å². The molecule has 2 aromatic rings. The molecule has 1 saturated carbocycles. The van der Waals surface area contributed by atoms with Crippen LogP contribution in [0.15, 0.2) is 30.6 Å². The lowest BCUT2D eigenvalue weighted by Gasteiger charge is -2.36. The van der Waals surface area contributed by atoms with Gasteiger partial charge in [0.15, 0.2) is 0 Å². The minimum atomic E-state index is 0.431. The zero-order valence-corrected chi connectivity index (χ0v) is 12.5. The maximum absolute atomic E-state index is 4.51. The molecule has 20 heavy (non-hydrogen) atoms. The molecule has 0 spiro atoms. The number of rotatable bonds is 4. The van der Waals surface area contributed by atoms with Gasteiger partial charge < -0.3 is 5.32 Å². The van der Waals surface area contributed by atoms with Crippen LogP contribution in [0.3, 0.4) is 0 Å². The Kier molecular flexibility index (Phi) is 4.06. The number of nitrogens with zero attached hydrogens (tertiary/aromatic N) is 2. The fourth-order valence-corrected chi connectivity index (χ4v) is 3.98. The first kappa shape index (κ1) is 13.6. The molecule has 108 valence electrons. The Morgan fingerprint density at radius 2 is 2.20 bits per heavy atom. The van der Waals surface area contributed by atoms with Crippen LogP contribution in [0.5, 0.6) is 0 Å². The third-order valence-electron chi connectivity index (χ3n) is 5.02. The monoisotopic (exact) mass is 271 g/mol. The second-order valence-electron chi connectivity index (χ2n) is 6.01. The summed E-state index contributed by atoms with van der Waals surface area (Å²) in [6.07, 6.45) is 10.9. The van der Waals surface area contributed by atoms with Gasteiger partial charge in [-0.05, 0) is 37.4 Å². The van der Waals surface area contributed by atoms with Gasteiger partial charge in [-0.1, -0.05) is 38.7 Å². The summed E-state index contributed by atoms with van der Waals surface area (Å²) in [4.78, 5) is 0. The molecule has 3 unspecified atom stereocenters. The van der Waals surface area contributed by atoms with Crippen LogP contribution in [-0.4, -0.2) is 16.7 Å². The third kappa shape index (κ3) is 2.35. The summed E-state index contributed by atoms with van der Waals surface area (Å²) in [6, 6.07) is 6.75. The smallest absolute Gasteiger partial charge is 0.0709 e. The molecule has 0 radical (unpaired) electrons. The van der Waals surface area contributed by atoms with Gasteiger partial charge >= 0.3 is 0 Å². The Labute approximate surface area is 121 Å². The molecule has 3 atom stereocenters. The van der Waals surface area contributed by atoms with Crippen LogP contribution in [0.2, 0.25) is 0 Å². The molecule has 2 aromatic heterocycles. The van der Waals surface area contributed by atoms with Crippen LogP contribution in [-0.2, 0) is 0 Å². The van der Waals surface area contributed by atoms with E-state index < -0.39 is 0 Å². The molecule has 3 rings (SSSR count). The van der Waals surface area contributed by atoms with Crippen LogP contribution in [0, 0.1) is 11.8 Å². The van der Waals surface area contributed by atoms with Gasteiger partial charge in [-0.2, -0.15) is 5.10 Å². The molecule has 1 aliphatic carbocycles. The quantitative estimate of drug-likeness (QED) is 0.916. The van der Waals surface area contributed by atoms with Crippen molar-refractivity contribution in [3.63, 3.8) is 0 Å². The van der Waals surface area contributed by atoms with Gasteiger partial charge in [0.25, 0.3) is 0 Å². The number of fused-ring (bicyclic) bond motifs is 1. The fourth-order valence-electron chi connectivity index (χ4n) is 3.98. The van der Waals surface area contributed by atoms with E-state index in [-0.39, 0.29) is 0 Å². The molecule has 1 fully saturated rings. The van der Waals surface area contributed by atoms with Gasteiger partial charge in [0.2, 0.25) is 0 Å². The summed E-state index contributed by atoms with van der Waals surface area (Å²) in [6.45, 7) is 2.34. The molecule has 0 aliphatic heterocycles. The Morgan fingerprint density at radius 1 is 1.35 bits per heavy atom. The van der Waals surface area contributed by atoms with Crippen molar-refractivity contribution in [1.29, 1.82) is 0 Å². The van der Waals surface area contributed by atoms with E-state index in [9.17, 15) is 0 Å². The molecular formula is C17H25N3. The Hall–Kier alpha value is -1.35. The summed E-state index contributed by atoms with van der Waals surface area (Å²) in [5.74, 6) is 1.59. The van der Waals surface area contributed by atoms with Crippen LogP contribution in [0.25, 0.3) is 5.52 Å². The number of nitrogens with one attached hydrogen (secondary N) is 1. The van der Waals surface area contributed by atoms with Gasteiger partial charge in [0.1, 0.15) is 0 Å². The van der Waals surface area contributed by atoms with Crippen molar-refractivity contribution in [2.45, 2.75) is 45.1 Å². The summed E-state index contributed by atoms with van der Waals surface area (Å²) in [7, 11) is 2.10. The molecule has 0 bridgehead atoms. The van der Waals surface area contributed by atoms with Gasteiger partial charge in [-0.3, -0.25) is 0 Å². The standard InChI is InChI=1S/C17H25N3/c1-3-13-8-4-5-9-14(13)17(18-2)15-12-19-20-11-7-6-10-16(15)20/h6-7,10-14,17-18H,3-5,8-9H2,1-2H3. The highest BCUT2D eigenvalue weighted by Gasteiger charge is 2.32. The lowest BCUT2D eigenvalue weighted by molar-refractivity contribution is 0.181. The predicted molar refractivity (Wildman–Crippen MR) is 82.7 cm³/mol. The molecule has 3 heteroatoms. The van der Waals surface area contributed by atoms with Crippen LogP contribution < -0.4 is 5.32 Å². The zero-order valence-electron chi connectivity index (χ0n) is 12.5. The first-order chi connectivity index (χ1) is 9.85. The summed E-state index contributed by atoms with van der Waals surface area (Å²) >= 11 is 0. The summed E-state index contributed by atoms with van der Waals surface area (Å²) < 4.78 is 1.99. The van der Waals surface area contributed by atoms with E-state index in [2.05, 4.69) is 42.7 Å². The number of hydrogen-bond donors (Lipinski definition) is 1. The van der Waals surface area contributed by atoms with Gasteiger partial charge in [0, 0.05) is 17.8 Å². The van der Waals surface area contributed by atoms with E-state index in [1.165, 1.54) is 43.2 Å². The van der Waals surface area contributed by atoms with Crippen molar-refractivity contribution in [2.24, 2.45) is 11.8 Å². The number of hydrogen-bond acceptors (Lipinski definition) is 2. The largest absolute Gasteiger partial charge is 0.313 e. The minimum absolute atomic E-state index is 0.431. The normalized spacial score (nSPS) is 24.9. The molecule has 2 heterocycles. The van der Waals surface area contributed by atoms with E-state index in [0.29, 0.717) is 6.04 Å². The van der Waals surface area contributed by atoms with Crippen molar-refractivity contribution >= 4 is 5.52 Å². The topological polar surface area (TPSA) is 29.3 Å². The number of pyridine rings is 1. The Balaban J connectivity index is 1.96. The van der Waals surface area contributed by atoms with Crippen molar-refractivity contribution in [1.82, 2.24) is 14.9 Å². The maximum Gasteiger partial charge on any atom is 0.0709 e. The Morgan fingerprint density at radius 3 is 3.00 bits per heavy atom. The van der Waals surface area contributed by atoms with E-state index in [4.69, 9.17) is 0 Å². The highest BCUT2D eigenvalue weighted by atomic mass is 15.2. The zero-order chi connectivity index (χ0) is 13.9. The molecule has 3 nitrogen and oxygen atoms in total. The summed E-state index contributed by atoms with van der Waals surface area (Å²) in [5.41, 5.74) is 2.60. The van der Waals surface area contributed by atoms with Gasteiger partial charge in [-0.25, -0.2) is 4.52 Å². The van der Waals surface area contributed by atoms with Crippen LogP contribution >= 0.6 is 0 Å². The first-order valence-electron chi connectivity index (χ1n) is 7.94. The molecular weight excluding hydrogens is 246 g/mol. The SMILES string of the molecule is CCC1CCCCC1C(NC)c1cnn2ccccc12. The molecule has 1 N–H and O–H groups in total. The third-order valence-corrected chi connectivity index (χ3v) is 5.02. The van der Waals surface area contributed by atoms with E-state index >= 15 is 0 Å². The molecule has 0 amide bonds. The summed E-state index contributed by atoms with van der Waals surface area (Å²) in [5, 5.41) is 8.09.